The summed E-state index contributed by atoms with van der Waals surface area (Å²) in [5.41, 5.74) is 2.80. The quantitative estimate of drug-likeness (QED) is 0.291. The van der Waals surface area contributed by atoms with Crippen molar-refractivity contribution in [3.05, 3.63) is 156 Å². The van der Waals surface area contributed by atoms with Crippen molar-refractivity contribution in [2.75, 3.05) is 0 Å². The summed E-state index contributed by atoms with van der Waals surface area (Å²) < 4.78 is 0. The van der Waals surface area contributed by atoms with E-state index in [0.717, 1.165) is 24.0 Å². The van der Waals surface area contributed by atoms with Gasteiger partial charge in [-0.3, -0.25) is 0 Å². The molecule has 0 aliphatic heterocycles. The van der Waals surface area contributed by atoms with E-state index < -0.39 is 5.60 Å². The zero-order chi connectivity index (χ0) is 22.3. The molecule has 0 aromatic heterocycles. The van der Waals surface area contributed by atoms with Crippen molar-refractivity contribution in [1.29, 1.82) is 0 Å². The summed E-state index contributed by atoms with van der Waals surface area (Å²) in [7, 11) is 0. The van der Waals surface area contributed by atoms with E-state index in [1.54, 1.807) is 0 Å². The fourth-order valence-corrected chi connectivity index (χ4v) is 4.72. The Bertz CT molecular complexity index is 1020. The molecule has 0 atom stereocenters. The smallest absolute Gasteiger partial charge is 0.115 e. The fraction of sp³-hybridized carbons (Fsp3) is 0.161. The van der Waals surface area contributed by atoms with Gasteiger partial charge in [0.1, 0.15) is 5.60 Å². The van der Waals surface area contributed by atoms with E-state index in [2.05, 4.69) is 61.2 Å². The maximum atomic E-state index is 12.3. The van der Waals surface area contributed by atoms with Crippen LogP contribution in [0, 0.1) is 5.41 Å². The summed E-state index contributed by atoms with van der Waals surface area (Å²) in [5.74, 6) is 0. The maximum Gasteiger partial charge on any atom is 0.115 e. The molecule has 0 bridgehead atoms. The summed E-state index contributed by atoms with van der Waals surface area (Å²) in [5, 5.41) is 12.3. The minimum atomic E-state index is -1.14. The van der Waals surface area contributed by atoms with Gasteiger partial charge < -0.3 is 5.11 Å². The minimum Gasteiger partial charge on any atom is -0.380 e. The van der Waals surface area contributed by atoms with Gasteiger partial charge in [0.2, 0.25) is 0 Å². The van der Waals surface area contributed by atoms with Crippen molar-refractivity contribution in [1.82, 2.24) is 0 Å². The molecule has 0 aliphatic carbocycles. The largest absolute Gasteiger partial charge is 0.380 e. The van der Waals surface area contributed by atoms with Crippen LogP contribution in [0.5, 0.6) is 0 Å². The lowest BCUT2D eigenvalue weighted by Gasteiger charge is -2.40. The lowest BCUT2D eigenvalue weighted by molar-refractivity contribution is 0.0341. The third-order valence-electron chi connectivity index (χ3n) is 6.34. The molecule has 0 spiro atoms. The molecule has 1 N–H and O–H groups in total. The highest BCUT2D eigenvalue weighted by Crippen LogP contribution is 2.44. The number of benzene rings is 4. The first-order chi connectivity index (χ1) is 15.6. The normalized spacial score (nSPS) is 11.8. The van der Waals surface area contributed by atoms with Crippen LogP contribution >= 0.6 is 0 Å². The van der Waals surface area contributed by atoms with E-state index >= 15 is 0 Å². The molecule has 0 saturated heterocycles. The average Bonchev–Trinajstić information content (AvgIpc) is 2.86. The van der Waals surface area contributed by atoms with E-state index in [9.17, 15) is 5.11 Å². The molecule has 4 aromatic rings. The third-order valence-corrected chi connectivity index (χ3v) is 6.34. The molecule has 0 radical (unpaired) electrons. The van der Waals surface area contributed by atoms with Crippen molar-refractivity contribution in [2.24, 2.45) is 5.41 Å². The minimum absolute atomic E-state index is 0.344. The van der Waals surface area contributed by atoms with Crippen LogP contribution < -0.4 is 0 Å². The van der Waals surface area contributed by atoms with Gasteiger partial charge in [0, 0.05) is 0 Å². The average molecular weight is 419 g/mol. The maximum absolute atomic E-state index is 12.3. The SMILES string of the molecule is C=CC(Cc1ccccc1)(Cc1ccccc1)CC(O)(c1ccccc1)c1ccccc1. The van der Waals surface area contributed by atoms with Crippen molar-refractivity contribution in [3.8, 4) is 0 Å². The number of hydrogen-bond acceptors (Lipinski definition) is 1. The highest BCUT2D eigenvalue weighted by molar-refractivity contribution is 5.37. The molecule has 1 nitrogen and oxygen atoms in total. The predicted octanol–water partition coefficient (Wildman–Crippen LogP) is 6.97. The molecule has 0 heterocycles. The standard InChI is InChI=1S/C31H30O/c1-2-30(23-26-15-7-3-8-16-26,24-27-17-9-4-10-18-27)25-31(32,28-19-11-5-12-20-28)29-21-13-6-14-22-29/h2-22,32H,1,23-25H2. The van der Waals surface area contributed by atoms with Crippen molar-refractivity contribution >= 4 is 0 Å². The van der Waals surface area contributed by atoms with Crippen LogP contribution in [0.4, 0.5) is 0 Å². The van der Waals surface area contributed by atoms with Crippen molar-refractivity contribution in [2.45, 2.75) is 24.9 Å². The van der Waals surface area contributed by atoms with Gasteiger partial charge in [-0.25, -0.2) is 0 Å². The Morgan fingerprint density at radius 3 is 1.25 bits per heavy atom. The van der Waals surface area contributed by atoms with Crippen LogP contribution in [0.25, 0.3) is 0 Å². The molecule has 0 amide bonds. The van der Waals surface area contributed by atoms with E-state index in [-0.39, 0.29) is 5.41 Å². The second kappa shape index (κ2) is 9.80. The second-order valence-electron chi connectivity index (χ2n) is 8.66. The number of rotatable bonds is 9. The first kappa shape index (κ1) is 21.8. The first-order valence-corrected chi connectivity index (χ1v) is 11.2. The van der Waals surface area contributed by atoms with Crippen LogP contribution in [0.1, 0.15) is 28.7 Å². The lowest BCUT2D eigenvalue weighted by atomic mass is 9.66. The molecular weight excluding hydrogens is 388 g/mol. The third kappa shape index (κ3) is 4.90. The van der Waals surface area contributed by atoms with E-state index in [0.29, 0.717) is 6.42 Å². The summed E-state index contributed by atoms with van der Waals surface area (Å²) in [6, 6.07) is 41.1. The summed E-state index contributed by atoms with van der Waals surface area (Å²) in [4.78, 5) is 0. The Morgan fingerprint density at radius 1 is 0.562 bits per heavy atom. The zero-order valence-electron chi connectivity index (χ0n) is 18.4. The monoisotopic (exact) mass is 418 g/mol. The summed E-state index contributed by atoms with van der Waals surface area (Å²) in [6.45, 7) is 4.29. The number of hydrogen-bond donors (Lipinski definition) is 1. The molecule has 0 saturated carbocycles. The predicted molar refractivity (Wildman–Crippen MR) is 133 cm³/mol. The van der Waals surface area contributed by atoms with E-state index in [1.165, 1.54) is 11.1 Å². The highest BCUT2D eigenvalue weighted by atomic mass is 16.3. The first-order valence-electron chi connectivity index (χ1n) is 11.2. The molecule has 4 rings (SSSR count). The van der Waals surface area contributed by atoms with Gasteiger partial charge in [-0.2, -0.15) is 0 Å². The van der Waals surface area contributed by atoms with Gasteiger partial charge in [0.25, 0.3) is 0 Å². The Hall–Kier alpha value is -3.42. The molecule has 32 heavy (non-hydrogen) atoms. The molecule has 1 heteroatoms. The van der Waals surface area contributed by atoms with Gasteiger partial charge in [-0.15, -0.1) is 6.58 Å². The van der Waals surface area contributed by atoms with Crippen LogP contribution in [-0.4, -0.2) is 5.11 Å². The zero-order valence-corrected chi connectivity index (χ0v) is 18.4. The molecular formula is C31H30O. The highest BCUT2D eigenvalue weighted by Gasteiger charge is 2.41. The van der Waals surface area contributed by atoms with E-state index in [1.807, 2.05) is 72.8 Å². The topological polar surface area (TPSA) is 20.2 Å². The molecule has 4 aromatic carbocycles. The molecule has 0 fully saturated rings. The Kier molecular flexibility index (Phi) is 6.68. The summed E-state index contributed by atoms with van der Waals surface area (Å²) in [6.07, 6.45) is 4.19. The van der Waals surface area contributed by atoms with Crippen molar-refractivity contribution < 1.29 is 5.11 Å². The number of aliphatic hydroxyl groups is 1. The summed E-state index contributed by atoms with van der Waals surface area (Å²) >= 11 is 0. The Balaban J connectivity index is 1.82. The van der Waals surface area contributed by atoms with E-state index in [4.69, 9.17) is 0 Å². The Morgan fingerprint density at radius 2 is 0.906 bits per heavy atom. The number of allylic oxidation sites excluding steroid dienone is 1. The van der Waals surface area contributed by atoms with Gasteiger partial charge >= 0.3 is 0 Å². The molecule has 0 aliphatic rings. The fourth-order valence-electron chi connectivity index (χ4n) is 4.72. The molecule has 0 unspecified atom stereocenters. The molecule has 160 valence electrons. The van der Waals surface area contributed by atoms with Crippen LogP contribution in [0.15, 0.2) is 134 Å². The van der Waals surface area contributed by atoms with Crippen LogP contribution in [0.3, 0.4) is 0 Å². The second-order valence-corrected chi connectivity index (χ2v) is 8.66. The van der Waals surface area contributed by atoms with Crippen LogP contribution in [-0.2, 0) is 18.4 Å². The Labute approximate surface area is 191 Å². The lowest BCUT2D eigenvalue weighted by Crippen LogP contribution is -2.38. The van der Waals surface area contributed by atoms with Crippen molar-refractivity contribution in [3.63, 3.8) is 0 Å². The van der Waals surface area contributed by atoms with Gasteiger partial charge in [-0.1, -0.05) is 127 Å². The van der Waals surface area contributed by atoms with Gasteiger partial charge in [0.15, 0.2) is 0 Å². The van der Waals surface area contributed by atoms with Crippen LogP contribution in [0.2, 0.25) is 0 Å². The van der Waals surface area contributed by atoms with Gasteiger partial charge in [0.05, 0.1) is 0 Å². The van der Waals surface area contributed by atoms with Gasteiger partial charge in [-0.05, 0) is 46.9 Å².